The zero-order valence-corrected chi connectivity index (χ0v) is 10.2. The highest BCUT2D eigenvalue weighted by Gasteiger charge is 2.18. The normalized spacial score (nSPS) is 10.7. The first kappa shape index (κ1) is 13.3. The van der Waals surface area contributed by atoms with E-state index in [9.17, 15) is 18.0 Å². The van der Waals surface area contributed by atoms with Crippen LogP contribution in [-0.2, 0) is 13.5 Å². The molecule has 0 radical (unpaired) electrons. The van der Waals surface area contributed by atoms with Gasteiger partial charge in [-0.1, -0.05) is 0 Å². The fraction of sp³-hybridized carbons (Fsp3) is 0.231. The van der Waals surface area contributed by atoms with Crippen LogP contribution in [0.2, 0.25) is 0 Å². The van der Waals surface area contributed by atoms with E-state index >= 15 is 0 Å². The minimum atomic E-state index is -1.62. The lowest BCUT2D eigenvalue weighted by atomic mass is 10.1. The minimum absolute atomic E-state index is 0.0210. The molecule has 0 unspecified atom stereocenters. The van der Waals surface area contributed by atoms with Gasteiger partial charge < -0.3 is 4.57 Å². The number of carbonyl (C=O) groups excluding carboxylic acids is 1. The number of benzene rings is 1. The molecule has 0 saturated carbocycles. The smallest absolute Gasteiger partial charge is 0.195 e. The number of nitrogens with zero attached hydrogens (tertiary/aromatic N) is 2. The van der Waals surface area contributed by atoms with Gasteiger partial charge in [0.25, 0.3) is 0 Å². The lowest BCUT2D eigenvalue weighted by molar-refractivity contribution is 0.0977. The van der Waals surface area contributed by atoms with Crippen LogP contribution >= 0.6 is 0 Å². The fourth-order valence-corrected chi connectivity index (χ4v) is 1.74. The first-order valence-corrected chi connectivity index (χ1v) is 5.63. The van der Waals surface area contributed by atoms with Gasteiger partial charge in [0, 0.05) is 32.3 Å². The quantitative estimate of drug-likeness (QED) is 0.631. The number of aromatic nitrogens is 2. The van der Waals surface area contributed by atoms with Gasteiger partial charge in [-0.3, -0.25) is 4.79 Å². The number of imidazole rings is 1. The molecule has 0 atom stereocenters. The Morgan fingerprint density at radius 2 is 2.00 bits per heavy atom. The standard InChI is InChI=1S/C13H11F3N2O/c1-18-7-6-17-11(18)5-4-10(19)8-2-3-9(14)13(16)12(8)15/h2-3,6-7H,4-5H2,1H3. The number of hydrogen-bond donors (Lipinski definition) is 0. The van der Waals surface area contributed by atoms with E-state index in [1.165, 1.54) is 0 Å². The lowest BCUT2D eigenvalue weighted by Gasteiger charge is -2.04. The van der Waals surface area contributed by atoms with Gasteiger partial charge in [0.2, 0.25) is 0 Å². The maximum atomic E-state index is 13.4. The van der Waals surface area contributed by atoms with E-state index in [-0.39, 0.29) is 6.42 Å². The third-order valence-corrected chi connectivity index (χ3v) is 2.83. The SMILES string of the molecule is Cn1ccnc1CCC(=O)c1ccc(F)c(F)c1F. The number of Topliss-reactive ketones (excluding diaryl/α,β-unsaturated/α-hetero) is 1. The first-order chi connectivity index (χ1) is 9.00. The Kier molecular flexibility index (Phi) is 3.69. The van der Waals surface area contributed by atoms with Gasteiger partial charge in [-0.25, -0.2) is 18.2 Å². The van der Waals surface area contributed by atoms with Crippen molar-refractivity contribution in [3.8, 4) is 0 Å². The summed E-state index contributed by atoms with van der Waals surface area (Å²) in [6, 6.07) is 1.70. The Labute approximate surface area is 107 Å². The highest BCUT2D eigenvalue weighted by molar-refractivity contribution is 5.96. The van der Waals surface area contributed by atoms with E-state index in [0.29, 0.717) is 12.2 Å². The van der Waals surface area contributed by atoms with Crippen molar-refractivity contribution in [2.45, 2.75) is 12.8 Å². The number of rotatable bonds is 4. The maximum Gasteiger partial charge on any atom is 0.195 e. The largest absolute Gasteiger partial charge is 0.338 e. The van der Waals surface area contributed by atoms with Crippen molar-refractivity contribution in [2.24, 2.45) is 7.05 Å². The zero-order valence-electron chi connectivity index (χ0n) is 10.2. The first-order valence-electron chi connectivity index (χ1n) is 5.63. The minimum Gasteiger partial charge on any atom is -0.338 e. The maximum absolute atomic E-state index is 13.4. The molecular formula is C13H11F3N2O. The highest BCUT2D eigenvalue weighted by Crippen LogP contribution is 2.17. The molecule has 0 spiro atoms. The van der Waals surface area contributed by atoms with Crippen molar-refractivity contribution in [3.05, 3.63) is 53.4 Å². The zero-order chi connectivity index (χ0) is 14.0. The summed E-state index contributed by atoms with van der Waals surface area (Å²) in [5.41, 5.74) is -0.437. The van der Waals surface area contributed by atoms with E-state index in [1.54, 1.807) is 24.0 Å². The Bertz CT molecular complexity index is 622. The second-order valence-corrected chi connectivity index (χ2v) is 4.10. The summed E-state index contributed by atoms with van der Waals surface area (Å²) in [7, 11) is 1.77. The van der Waals surface area contributed by atoms with Crippen molar-refractivity contribution in [3.63, 3.8) is 0 Å². The molecule has 0 amide bonds. The number of halogens is 3. The molecule has 0 aliphatic carbocycles. The summed E-state index contributed by atoms with van der Waals surface area (Å²) >= 11 is 0. The molecule has 0 bridgehead atoms. The molecular weight excluding hydrogens is 257 g/mol. The predicted molar refractivity (Wildman–Crippen MR) is 62.2 cm³/mol. The van der Waals surface area contributed by atoms with E-state index in [0.717, 1.165) is 12.1 Å². The fourth-order valence-electron chi connectivity index (χ4n) is 1.74. The third kappa shape index (κ3) is 2.67. The average molecular weight is 268 g/mol. The molecule has 19 heavy (non-hydrogen) atoms. The van der Waals surface area contributed by atoms with E-state index in [4.69, 9.17) is 0 Å². The number of aryl methyl sites for hydroxylation is 2. The molecule has 2 aromatic rings. The number of ketones is 1. The molecule has 2 rings (SSSR count). The van der Waals surface area contributed by atoms with Crippen LogP contribution in [0.5, 0.6) is 0 Å². The molecule has 0 aliphatic rings. The summed E-state index contributed by atoms with van der Waals surface area (Å²) in [5, 5.41) is 0. The van der Waals surface area contributed by atoms with Gasteiger partial charge in [0.05, 0.1) is 5.56 Å². The van der Waals surface area contributed by atoms with Crippen LogP contribution in [0.4, 0.5) is 13.2 Å². The summed E-state index contributed by atoms with van der Waals surface area (Å²) < 4.78 is 40.9. The summed E-state index contributed by atoms with van der Waals surface area (Å²) in [6.07, 6.45) is 3.59. The molecule has 3 nitrogen and oxygen atoms in total. The topological polar surface area (TPSA) is 34.9 Å². The van der Waals surface area contributed by atoms with Crippen molar-refractivity contribution in [1.29, 1.82) is 0 Å². The Morgan fingerprint density at radius 1 is 1.26 bits per heavy atom. The monoisotopic (exact) mass is 268 g/mol. The van der Waals surface area contributed by atoms with Crippen LogP contribution in [0.1, 0.15) is 22.6 Å². The predicted octanol–water partition coefficient (Wildman–Crippen LogP) is 2.65. The molecule has 100 valence electrons. The van der Waals surface area contributed by atoms with Crippen molar-refractivity contribution in [1.82, 2.24) is 9.55 Å². The van der Waals surface area contributed by atoms with E-state index in [2.05, 4.69) is 4.98 Å². The number of carbonyl (C=O) groups is 1. The van der Waals surface area contributed by atoms with E-state index < -0.39 is 28.8 Å². The van der Waals surface area contributed by atoms with Crippen molar-refractivity contribution in [2.75, 3.05) is 0 Å². The average Bonchev–Trinajstić information content (AvgIpc) is 2.79. The molecule has 1 aromatic carbocycles. The molecule has 1 aromatic heterocycles. The van der Waals surface area contributed by atoms with Gasteiger partial charge in [0.1, 0.15) is 5.82 Å². The third-order valence-electron chi connectivity index (χ3n) is 2.83. The van der Waals surface area contributed by atoms with Crippen molar-refractivity contribution < 1.29 is 18.0 Å². The Morgan fingerprint density at radius 3 is 2.63 bits per heavy atom. The molecule has 1 heterocycles. The van der Waals surface area contributed by atoms with Gasteiger partial charge >= 0.3 is 0 Å². The van der Waals surface area contributed by atoms with Crippen molar-refractivity contribution >= 4 is 5.78 Å². The molecule has 6 heteroatoms. The Hall–Kier alpha value is -2.11. The second kappa shape index (κ2) is 5.26. The highest BCUT2D eigenvalue weighted by atomic mass is 19.2. The second-order valence-electron chi connectivity index (χ2n) is 4.10. The van der Waals surface area contributed by atoms with Crippen LogP contribution in [0.3, 0.4) is 0 Å². The van der Waals surface area contributed by atoms with Crippen LogP contribution in [-0.4, -0.2) is 15.3 Å². The molecule has 0 aliphatic heterocycles. The molecule has 0 N–H and O–H groups in total. The van der Waals surface area contributed by atoms with Gasteiger partial charge in [-0.2, -0.15) is 0 Å². The van der Waals surface area contributed by atoms with Crippen LogP contribution in [0.15, 0.2) is 24.5 Å². The summed E-state index contributed by atoms with van der Waals surface area (Å²) in [5.74, 6) is -4.29. The van der Waals surface area contributed by atoms with Crippen LogP contribution < -0.4 is 0 Å². The summed E-state index contributed by atoms with van der Waals surface area (Å²) in [6.45, 7) is 0. The van der Waals surface area contributed by atoms with Crippen LogP contribution in [0, 0.1) is 17.5 Å². The Balaban J connectivity index is 2.13. The number of hydrogen-bond acceptors (Lipinski definition) is 2. The lowest BCUT2D eigenvalue weighted by Crippen LogP contribution is -2.08. The van der Waals surface area contributed by atoms with Gasteiger partial charge in [-0.05, 0) is 12.1 Å². The van der Waals surface area contributed by atoms with Crippen LogP contribution in [0.25, 0.3) is 0 Å². The molecule has 0 saturated heterocycles. The van der Waals surface area contributed by atoms with E-state index in [1.807, 2.05) is 0 Å². The van der Waals surface area contributed by atoms with Gasteiger partial charge in [0.15, 0.2) is 23.2 Å². The molecule has 0 fully saturated rings. The van der Waals surface area contributed by atoms with Gasteiger partial charge in [-0.15, -0.1) is 0 Å². The summed E-state index contributed by atoms with van der Waals surface area (Å²) in [4.78, 5) is 15.8.